The average molecular weight is 702 g/mol. The Labute approximate surface area is 289 Å². The van der Waals surface area contributed by atoms with Crippen molar-refractivity contribution in [3.8, 4) is 16.9 Å². The van der Waals surface area contributed by atoms with Crippen LogP contribution in [0.1, 0.15) is 46.8 Å². The van der Waals surface area contributed by atoms with Gasteiger partial charge in [-0.3, -0.25) is 9.59 Å². The van der Waals surface area contributed by atoms with E-state index in [0.717, 1.165) is 23.8 Å². The van der Waals surface area contributed by atoms with Crippen LogP contribution in [0.4, 0.5) is 22.0 Å². The van der Waals surface area contributed by atoms with Crippen LogP contribution in [0.2, 0.25) is 0 Å². The Morgan fingerprint density at radius 2 is 1.63 bits per heavy atom. The van der Waals surface area contributed by atoms with Crippen LogP contribution in [-0.2, 0) is 37.0 Å². The van der Waals surface area contributed by atoms with E-state index in [1.807, 2.05) is 0 Å². The van der Waals surface area contributed by atoms with E-state index in [0.29, 0.717) is 44.9 Å². The van der Waals surface area contributed by atoms with Gasteiger partial charge in [0.25, 0.3) is 0 Å². The molecule has 1 amide bonds. The first-order chi connectivity index (χ1) is 24.4. The van der Waals surface area contributed by atoms with Crippen LogP contribution in [0.25, 0.3) is 22.0 Å². The molecule has 1 N–H and O–H groups in total. The number of hydrogen-bond donors (Lipinski definition) is 1. The number of carbonyl (C=O) groups excluding carboxylic acids is 1. The summed E-state index contributed by atoms with van der Waals surface area (Å²) in [7, 11) is 0. The van der Waals surface area contributed by atoms with E-state index in [9.17, 15) is 31.5 Å². The van der Waals surface area contributed by atoms with Crippen LogP contribution < -0.4 is 15.5 Å². The maximum absolute atomic E-state index is 14.6. The fourth-order valence-electron chi connectivity index (χ4n) is 5.88. The SMILES string of the molecule is Cc1cc(COc2ccc3c(=O)cc(CCc4cccc(F)c4F)n(C(C)C(=O)NCc4ccc(-c5ccc(C(F)(F)F)cc5)cc4)c3c2)no1. The molecule has 6 rings (SSSR count). The molecular formula is C39H32F5N3O4. The average Bonchev–Trinajstić information content (AvgIpc) is 3.54. The van der Waals surface area contributed by atoms with E-state index < -0.39 is 29.4 Å². The Balaban J connectivity index is 1.25. The molecule has 1 unspecified atom stereocenters. The predicted molar refractivity (Wildman–Crippen MR) is 181 cm³/mol. The second-order valence-corrected chi connectivity index (χ2v) is 12.1. The summed E-state index contributed by atoms with van der Waals surface area (Å²) in [4.78, 5) is 27.0. The highest BCUT2D eigenvalue weighted by Gasteiger charge is 2.30. The van der Waals surface area contributed by atoms with Crippen molar-refractivity contribution >= 4 is 16.8 Å². The summed E-state index contributed by atoms with van der Waals surface area (Å²) in [5.74, 6) is -1.30. The lowest BCUT2D eigenvalue weighted by atomic mass is 10.0. The second-order valence-electron chi connectivity index (χ2n) is 12.1. The number of amides is 1. The maximum atomic E-state index is 14.6. The third-order valence-corrected chi connectivity index (χ3v) is 8.58. The number of pyridine rings is 1. The maximum Gasteiger partial charge on any atom is 0.416 e. The molecule has 0 radical (unpaired) electrons. The number of ether oxygens (including phenoxy) is 1. The van der Waals surface area contributed by atoms with Crippen molar-refractivity contribution in [3.05, 3.63) is 153 Å². The van der Waals surface area contributed by atoms with Crippen molar-refractivity contribution in [1.82, 2.24) is 15.0 Å². The third kappa shape index (κ3) is 8.01. The van der Waals surface area contributed by atoms with Gasteiger partial charge in [0.1, 0.15) is 29.9 Å². The standard InChI is InChI=1S/C39H32F5N3O4/c1-23-18-30(46-51-23)22-50-32-16-17-33-35(20-32)47(31(19-36(33)48)15-12-28-4-3-5-34(40)37(28)41)24(2)38(49)45-21-25-6-8-26(9-7-25)27-10-13-29(14-11-27)39(42,43)44/h3-11,13-14,16-20,24H,12,15,21-22H2,1-2H3,(H,45,49). The Morgan fingerprint density at radius 1 is 0.922 bits per heavy atom. The monoisotopic (exact) mass is 701 g/mol. The molecule has 12 heteroatoms. The highest BCUT2D eigenvalue weighted by Crippen LogP contribution is 2.31. The predicted octanol–water partition coefficient (Wildman–Crippen LogP) is 8.50. The number of benzene rings is 4. The molecule has 2 aromatic heterocycles. The van der Waals surface area contributed by atoms with Gasteiger partial charge in [-0.05, 0) is 79.3 Å². The largest absolute Gasteiger partial charge is 0.487 e. The van der Waals surface area contributed by atoms with Crippen molar-refractivity contribution in [2.24, 2.45) is 0 Å². The van der Waals surface area contributed by atoms with Crippen LogP contribution in [-0.4, -0.2) is 15.6 Å². The number of aryl methyl sites for hydroxylation is 3. The fourth-order valence-corrected chi connectivity index (χ4v) is 5.88. The quantitative estimate of drug-likeness (QED) is 0.137. The first kappa shape index (κ1) is 35.1. The van der Waals surface area contributed by atoms with Crippen molar-refractivity contribution in [3.63, 3.8) is 0 Å². The molecule has 6 aromatic rings. The molecule has 2 heterocycles. The number of carbonyl (C=O) groups is 1. The molecule has 0 spiro atoms. The lowest BCUT2D eigenvalue weighted by Gasteiger charge is -2.23. The summed E-state index contributed by atoms with van der Waals surface area (Å²) in [5, 5.41) is 7.18. The lowest BCUT2D eigenvalue weighted by Crippen LogP contribution is -2.32. The molecule has 7 nitrogen and oxygen atoms in total. The molecular weight excluding hydrogens is 669 g/mol. The normalized spacial score (nSPS) is 12.2. The molecule has 0 saturated heterocycles. The number of nitrogens with one attached hydrogen (secondary N) is 1. The van der Waals surface area contributed by atoms with Gasteiger partial charge in [0, 0.05) is 35.8 Å². The number of nitrogens with zero attached hydrogens (tertiary/aromatic N) is 2. The van der Waals surface area contributed by atoms with Crippen LogP contribution >= 0.6 is 0 Å². The molecule has 0 fully saturated rings. The topological polar surface area (TPSA) is 86.4 Å². The number of fused-ring (bicyclic) bond motifs is 1. The first-order valence-electron chi connectivity index (χ1n) is 16.1. The van der Waals surface area contributed by atoms with E-state index in [4.69, 9.17) is 9.26 Å². The zero-order valence-corrected chi connectivity index (χ0v) is 27.6. The number of aromatic nitrogens is 2. The summed E-state index contributed by atoms with van der Waals surface area (Å²) in [6.07, 6.45) is -4.24. The van der Waals surface area contributed by atoms with Crippen LogP contribution in [0.15, 0.2) is 106 Å². The van der Waals surface area contributed by atoms with E-state index >= 15 is 0 Å². The summed E-state index contributed by atoms with van der Waals surface area (Å²) < 4.78 is 80.2. The first-order valence-corrected chi connectivity index (χ1v) is 16.1. The summed E-state index contributed by atoms with van der Waals surface area (Å²) in [5.41, 5.74) is 2.57. The smallest absolute Gasteiger partial charge is 0.416 e. The minimum Gasteiger partial charge on any atom is -0.487 e. The van der Waals surface area contributed by atoms with Gasteiger partial charge in [-0.25, -0.2) is 8.78 Å². The molecule has 4 aromatic carbocycles. The number of halogens is 5. The molecule has 1 atom stereocenters. The highest BCUT2D eigenvalue weighted by molar-refractivity contribution is 5.86. The van der Waals surface area contributed by atoms with E-state index in [1.165, 1.54) is 30.3 Å². The molecule has 0 aliphatic heterocycles. The van der Waals surface area contributed by atoms with Gasteiger partial charge in [-0.2, -0.15) is 13.2 Å². The van der Waals surface area contributed by atoms with Gasteiger partial charge in [0.05, 0.1) is 11.1 Å². The van der Waals surface area contributed by atoms with E-state index in [-0.39, 0.29) is 42.9 Å². The Kier molecular flexibility index (Phi) is 10.0. The van der Waals surface area contributed by atoms with Gasteiger partial charge >= 0.3 is 6.18 Å². The molecule has 51 heavy (non-hydrogen) atoms. The molecule has 0 saturated carbocycles. The van der Waals surface area contributed by atoms with Crippen LogP contribution in [0.3, 0.4) is 0 Å². The lowest BCUT2D eigenvalue weighted by molar-refractivity contribution is -0.137. The van der Waals surface area contributed by atoms with Crippen LogP contribution in [0, 0.1) is 18.6 Å². The van der Waals surface area contributed by atoms with Crippen molar-refractivity contribution in [2.45, 2.75) is 52.1 Å². The highest BCUT2D eigenvalue weighted by atomic mass is 19.4. The van der Waals surface area contributed by atoms with Crippen molar-refractivity contribution < 1.29 is 36.0 Å². The Hall–Kier alpha value is -5.78. The molecule has 0 bridgehead atoms. The minimum atomic E-state index is -4.42. The van der Waals surface area contributed by atoms with Gasteiger partial charge in [0.2, 0.25) is 5.91 Å². The zero-order chi connectivity index (χ0) is 36.3. The fraction of sp³-hybridized carbons (Fsp3) is 0.205. The van der Waals surface area contributed by atoms with E-state index in [1.54, 1.807) is 66.9 Å². The summed E-state index contributed by atoms with van der Waals surface area (Å²) >= 11 is 0. The van der Waals surface area contributed by atoms with E-state index in [2.05, 4.69) is 10.5 Å². The van der Waals surface area contributed by atoms with Gasteiger partial charge in [0.15, 0.2) is 17.1 Å². The van der Waals surface area contributed by atoms with Crippen LogP contribution in [0.5, 0.6) is 5.75 Å². The van der Waals surface area contributed by atoms with Gasteiger partial charge in [-0.1, -0.05) is 53.7 Å². The molecule has 0 aliphatic rings. The minimum absolute atomic E-state index is 0.0653. The second kappa shape index (κ2) is 14.6. The van der Waals surface area contributed by atoms with Crippen molar-refractivity contribution in [1.29, 1.82) is 0 Å². The van der Waals surface area contributed by atoms with Crippen molar-refractivity contribution in [2.75, 3.05) is 0 Å². The molecule has 0 aliphatic carbocycles. The zero-order valence-electron chi connectivity index (χ0n) is 27.6. The number of rotatable bonds is 11. The third-order valence-electron chi connectivity index (χ3n) is 8.58. The molecule has 262 valence electrons. The Morgan fingerprint density at radius 3 is 2.29 bits per heavy atom. The summed E-state index contributed by atoms with van der Waals surface area (Å²) in [6, 6.07) is 23.0. The van der Waals surface area contributed by atoms with Gasteiger partial charge < -0.3 is 19.1 Å². The Bertz CT molecular complexity index is 2240. The number of hydrogen-bond acceptors (Lipinski definition) is 5. The number of alkyl halides is 3. The van der Waals surface area contributed by atoms with Gasteiger partial charge in [-0.15, -0.1) is 0 Å². The summed E-state index contributed by atoms with van der Waals surface area (Å²) in [6.45, 7) is 3.67.